The third kappa shape index (κ3) is 10.1. The van der Waals surface area contributed by atoms with Gasteiger partial charge in [-0.25, -0.2) is 18.1 Å². The smallest absolute Gasteiger partial charge is 0.416 e. The number of aromatic nitrogens is 2. The summed E-state index contributed by atoms with van der Waals surface area (Å²) in [5.74, 6) is -0.671. The standard InChI is InChI=1S/C45H47ClF3N7O7S/c1-44(2)13-11-29(37(24-44)35-8-5-30(21-38(35)46)45(47,48)49)27-54-15-17-55(18-16-54)31-6-9-36(41(22-31)63-33-20-28-12-14-50-42(28)52-26-33)43(57)53-64(60,61)34-7-10-39(40(23-34)56(58)59)51-25-32-4-3-19-62-32/h5-10,12,14,20-23,26,32,51H,3-4,11,13,15-19,24-25,27H2,1-2H3,(H,50,52)(H,53,57)/t32-/m0/s1. The molecule has 338 valence electrons. The van der Waals surface area contributed by atoms with Gasteiger partial charge in [-0.1, -0.05) is 37.1 Å². The highest BCUT2D eigenvalue weighted by Crippen LogP contribution is 2.46. The summed E-state index contributed by atoms with van der Waals surface area (Å²) in [5, 5.41) is 15.8. The number of pyridine rings is 1. The molecule has 3 aliphatic rings. The number of piperazine rings is 1. The summed E-state index contributed by atoms with van der Waals surface area (Å²) in [6.45, 7) is 8.33. The minimum atomic E-state index is -4.61. The van der Waals surface area contributed by atoms with Gasteiger partial charge in [0.05, 0.1) is 33.2 Å². The van der Waals surface area contributed by atoms with Gasteiger partial charge in [-0.15, -0.1) is 0 Å². The number of nitrogens with zero attached hydrogens (tertiary/aromatic N) is 4. The van der Waals surface area contributed by atoms with Gasteiger partial charge in [0.2, 0.25) is 0 Å². The van der Waals surface area contributed by atoms with Gasteiger partial charge in [0.25, 0.3) is 21.6 Å². The van der Waals surface area contributed by atoms with Crippen LogP contribution in [-0.2, 0) is 20.9 Å². The van der Waals surface area contributed by atoms with Gasteiger partial charge in [0, 0.05) is 80.3 Å². The molecule has 0 bridgehead atoms. The molecule has 0 unspecified atom stereocenters. The first-order valence-electron chi connectivity index (χ1n) is 20.9. The van der Waals surface area contributed by atoms with Crippen molar-refractivity contribution >= 4 is 61.2 Å². The summed E-state index contributed by atoms with van der Waals surface area (Å²) >= 11 is 6.53. The average molecular weight is 922 g/mol. The number of nitro benzene ring substituents is 1. The highest BCUT2D eigenvalue weighted by Gasteiger charge is 2.34. The summed E-state index contributed by atoms with van der Waals surface area (Å²) in [5.41, 5.74) is 2.80. The number of ether oxygens (including phenoxy) is 2. The zero-order valence-electron chi connectivity index (χ0n) is 35.1. The fourth-order valence-corrected chi connectivity index (χ4v) is 9.77. The zero-order valence-corrected chi connectivity index (χ0v) is 36.7. The van der Waals surface area contributed by atoms with Crippen molar-refractivity contribution in [2.45, 2.75) is 63.1 Å². The molecule has 2 aliphatic heterocycles. The molecule has 19 heteroatoms. The Bertz CT molecular complexity index is 2730. The van der Waals surface area contributed by atoms with E-state index in [0.717, 1.165) is 60.4 Å². The normalized spacial score (nSPS) is 18.3. The number of carbonyl (C=O) groups is 1. The molecule has 1 atom stereocenters. The van der Waals surface area contributed by atoms with Crippen LogP contribution in [0.3, 0.4) is 0 Å². The van der Waals surface area contributed by atoms with Gasteiger partial charge < -0.3 is 24.7 Å². The number of fused-ring (bicyclic) bond motifs is 1. The maximum atomic E-state index is 13.9. The molecule has 2 aromatic heterocycles. The Hall–Kier alpha value is -5.69. The lowest BCUT2D eigenvalue weighted by atomic mass is 9.72. The first-order valence-corrected chi connectivity index (χ1v) is 22.8. The number of nitro groups is 1. The minimum Gasteiger partial charge on any atom is -0.455 e. The second-order valence-electron chi connectivity index (χ2n) is 17.1. The van der Waals surface area contributed by atoms with Crippen molar-refractivity contribution in [1.82, 2.24) is 19.6 Å². The van der Waals surface area contributed by atoms with Gasteiger partial charge in [-0.2, -0.15) is 13.2 Å². The number of allylic oxidation sites excluding steroid dienone is 1. The maximum absolute atomic E-state index is 13.9. The average Bonchev–Trinajstić information content (AvgIpc) is 3.96. The number of nitrogens with one attached hydrogen (secondary N) is 3. The number of aromatic amines is 1. The van der Waals surface area contributed by atoms with E-state index in [1.54, 1.807) is 30.5 Å². The highest BCUT2D eigenvalue weighted by molar-refractivity contribution is 7.90. The van der Waals surface area contributed by atoms with Crippen molar-refractivity contribution in [3.05, 3.63) is 117 Å². The molecule has 0 radical (unpaired) electrons. The Morgan fingerprint density at radius 1 is 1.08 bits per heavy atom. The number of hydrogen-bond donors (Lipinski definition) is 3. The number of alkyl halides is 3. The van der Waals surface area contributed by atoms with Crippen molar-refractivity contribution in [1.29, 1.82) is 0 Å². The Morgan fingerprint density at radius 2 is 1.88 bits per heavy atom. The Kier molecular flexibility index (Phi) is 12.7. The number of carbonyl (C=O) groups excluding carboxylic acids is 1. The number of sulfonamides is 1. The molecule has 5 aromatic rings. The number of benzene rings is 3. The minimum absolute atomic E-state index is 0.0472. The van der Waals surface area contributed by atoms with Crippen molar-refractivity contribution in [2.75, 3.05) is 56.1 Å². The molecule has 14 nitrogen and oxygen atoms in total. The molecule has 8 rings (SSSR count). The quantitative estimate of drug-likeness (QED) is 0.0759. The first-order chi connectivity index (χ1) is 30.4. The van der Waals surface area contributed by atoms with Gasteiger partial charge in [-0.05, 0) is 97.2 Å². The van der Waals surface area contributed by atoms with Crippen molar-refractivity contribution in [3.63, 3.8) is 0 Å². The summed E-state index contributed by atoms with van der Waals surface area (Å²) in [6, 6.07) is 15.3. The SMILES string of the molecule is CC1(C)CCC(CN2CCN(c3ccc(C(=O)NS(=O)(=O)c4ccc(NC[C@@H]5CCCO5)c([N+](=O)[O-])c4)c(Oc4cnc5[nH]ccc5c4)c3)CC2)=C(c2ccc(C(F)(F)F)cc2Cl)C1. The van der Waals surface area contributed by atoms with Crippen molar-refractivity contribution in [2.24, 2.45) is 5.41 Å². The molecular formula is C45H47ClF3N7O7S. The predicted octanol–water partition coefficient (Wildman–Crippen LogP) is 9.43. The second kappa shape index (κ2) is 18.1. The lowest BCUT2D eigenvalue weighted by Crippen LogP contribution is -2.47. The number of halogens is 4. The fourth-order valence-electron chi connectivity index (χ4n) is 8.49. The monoisotopic (exact) mass is 921 g/mol. The van der Waals surface area contributed by atoms with Crippen LogP contribution < -0.4 is 19.7 Å². The van der Waals surface area contributed by atoms with E-state index in [1.165, 1.54) is 30.5 Å². The summed E-state index contributed by atoms with van der Waals surface area (Å²) < 4.78 is 81.6. The van der Waals surface area contributed by atoms with Crippen LogP contribution in [0.15, 0.2) is 89.6 Å². The Balaban J connectivity index is 1.01. The van der Waals surface area contributed by atoms with Crippen LogP contribution in [0.5, 0.6) is 11.5 Å². The molecule has 3 aromatic carbocycles. The number of H-pyrrole nitrogens is 1. The zero-order chi connectivity index (χ0) is 45.4. The van der Waals surface area contributed by atoms with E-state index in [9.17, 15) is 36.5 Å². The van der Waals surface area contributed by atoms with E-state index in [0.29, 0.717) is 74.9 Å². The molecule has 64 heavy (non-hydrogen) atoms. The Labute approximate surface area is 373 Å². The summed E-state index contributed by atoms with van der Waals surface area (Å²) in [4.78, 5) is 36.6. The van der Waals surface area contributed by atoms with E-state index in [-0.39, 0.29) is 33.5 Å². The third-order valence-corrected chi connectivity index (χ3v) is 13.7. The van der Waals surface area contributed by atoms with Gasteiger partial charge >= 0.3 is 6.18 Å². The van der Waals surface area contributed by atoms with E-state index in [1.807, 2.05) is 0 Å². The first kappa shape index (κ1) is 44.9. The second-order valence-corrected chi connectivity index (χ2v) is 19.2. The van der Waals surface area contributed by atoms with E-state index >= 15 is 0 Å². The predicted molar refractivity (Wildman–Crippen MR) is 237 cm³/mol. The van der Waals surface area contributed by atoms with E-state index in [2.05, 4.69) is 43.7 Å². The largest absolute Gasteiger partial charge is 0.455 e. The molecule has 1 amide bonds. The van der Waals surface area contributed by atoms with Crippen LogP contribution in [0.2, 0.25) is 5.02 Å². The number of anilines is 2. The summed E-state index contributed by atoms with van der Waals surface area (Å²) in [7, 11) is -4.61. The molecule has 0 spiro atoms. The molecule has 3 N–H and O–H groups in total. The maximum Gasteiger partial charge on any atom is 0.416 e. The molecule has 1 aliphatic carbocycles. The molecular weight excluding hydrogens is 875 g/mol. The Morgan fingerprint density at radius 3 is 2.59 bits per heavy atom. The number of hydrogen-bond acceptors (Lipinski definition) is 11. The van der Waals surface area contributed by atoms with Crippen LogP contribution in [0.1, 0.15) is 67.4 Å². The lowest BCUT2D eigenvalue weighted by molar-refractivity contribution is -0.384. The van der Waals surface area contributed by atoms with Crippen LogP contribution >= 0.6 is 11.6 Å². The number of amides is 1. The summed E-state index contributed by atoms with van der Waals surface area (Å²) in [6.07, 6.45) is 2.67. The molecule has 0 saturated carbocycles. The fraction of sp³-hybridized carbons (Fsp3) is 0.378. The molecule has 2 saturated heterocycles. The van der Waals surface area contributed by atoms with Gasteiger partial charge in [0.15, 0.2) is 0 Å². The molecule has 2 fully saturated rings. The topological polar surface area (TPSA) is 172 Å². The highest BCUT2D eigenvalue weighted by atomic mass is 35.5. The van der Waals surface area contributed by atoms with Crippen molar-refractivity contribution in [3.8, 4) is 11.5 Å². The van der Waals surface area contributed by atoms with Gasteiger partial charge in [0.1, 0.15) is 22.8 Å². The lowest BCUT2D eigenvalue weighted by Gasteiger charge is -2.39. The van der Waals surface area contributed by atoms with E-state index < -0.39 is 43.2 Å². The van der Waals surface area contributed by atoms with Crippen LogP contribution in [0, 0.1) is 15.5 Å². The van der Waals surface area contributed by atoms with E-state index in [4.69, 9.17) is 21.1 Å². The molecule has 4 heterocycles. The van der Waals surface area contributed by atoms with Gasteiger partial charge in [-0.3, -0.25) is 19.8 Å². The van der Waals surface area contributed by atoms with Crippen LogP contribution in [0.25, 0.3) is 16.6 Å². The van der Waals surface area contributed by atoms with Crippen LogP contribution in [0.4, 0.5) is 30.2 Å². The third-order valence-electron chi connectivity index (χ3n) is 12.0. The number of rotatable bonds is 13. The van der Waals surface area contributed by atoms with Crippen LogP contribution in [-0.4, -0.2) is 86.1 Å². The van der Waals surface area contributed by atoms with Crippen molar-refractivity contribution < 1.29 is 40.8 Å².